The van der Waals surface area contributed by atoms with Crippen molar-refractivity contribution in [2.24, 2.45) is 0 Å². The molecule has 2 aliphatic carbocycles. The van der Waals surface area contributed by atoms with Crippen molar-refractivity contribution in [1.82, 2.24) is 0 Å². The van der Waals surface area contributed by atoms with E-state index in [0.717, 1.165) is 5.57 Å². The molecule has 1 N–H and O–H groups in total. The highest BCUT2D eigenvalue weighted by molar-refractivity contribution is 6.09. The van der Waals surface area contributed by atoms with Crippen LogP contribution in [-0.4, -0.2) is 5.71 Å². The first-order valence-corrected chi connectivity index (χ1v) is 6.85. The minimum Gasteiger partial charge on any atom is -0.275 e. The molecule has 0 saturated heterocycles. The molecular formula is C19H14N+. The van der Waals surface area contributed by atoms with Gasteiger partial charge in [0, 0.05) is 6.08 Å². The van der Waals surface area contributed by atoms with Crippen LogP contribution in [0.5, 0.6) is 0 Å². The predicted octanol–water partition coefficient (Wildman–Crippen LogP) is 4.52. The lowest BCUT2D eigenvalue weighted by Crippen LogP contribution is -2.12. The van der Waals surface area contributed by atoms with Crippen molar-refractivity contribution in [2.75, 3.05) is 0 Å². The number of hydrogen-bond acceptors (Lipinski definition) is 1. The summed E-state index contributed by atoms with van der Waals surface area (Å²) in [5.74, 6) is 0.191. The van der Waals surface area contributed by atoms with E-state index in [-0.39, 0.29) is 5.92 Å². The maximum Gasteiger partial charge on any atom is 0.169 e. The molecule has 0 aliphatic heterocycles. The van der Waals surface area contributed by atoms with E-state index in [4.69, 9.17) is 5.41 Å². The molecular weight excluding hydrogens is 242 g/mol. The molecule has 0 heterocycles. The summed E-state index contributed by atoms with van der Waals surface area (Å²) >= 11 is 0. The largest absolute Gasteiger partial charge is 0.275 e. The van der Waals surface area contributed by atoms with Gasteiger partial charge in [-0.1, -0.05) is 48.5 Å². The van der Waals surface area contributed by atoms with Crippen LogP contribution in [0.4, 0.5) is 0 Å². The van der Waals surface area contributed by atoms with Gasteiger partial charge in [-0.3, -0.25) is 5.41 Å². The topological polar surface area (TPSA) is 23.9 Å². The molecule has 94 valence electrons. The lowest BCUT2D eigenvalue weighted by atomic mass is 9.84. The third-order valence-electron chi connectivity index (χ3n) is 4.11. The summed E-state index contributed by atoms with van der Waals surface area (Å²) in [6.45, 7) is 0. The van der Waals surface area contributed by atoms with Gasteiger partial charge in [-0.05, 0) is 22.3 Å². The van der Waals surface area contributed by atoms with Crippen LogP contribution >= 0.6 is 0 Å². The fraction of sp³-hybridized carbons (Fsp3) is 0.0526. The normalized spacial score (nSPS) is 16.4. The standard InChI is InChI=1S/C19H14N/c20-18-12-6-5-11-17(18)19-15-9-3-1-7-13(15)14-8-2-4-10-16(14)19/h1-12,19-20H/q+1. The van der Waals surface area contributed by atoms with E-state index >= 15 is 0 Å². The molecule has 0 radical (unpaired) electrons. The first-order chi connectivity index (χ1) is 9.86. The number of rotatable bonds is 1. The van der Waals surface area contributed by atoms with Crippen molar-refractivity contribution in [3.05, 3.63) is 89.9 Å². The van der Waals surface area contributed by atoms with Crippen LogP contribution in [0.3, 0.4) is 0 Å². The van der Waals surface area contributed by atoms with Gasteiger partial charge in [0.1, 0.15) is 0 Å². The van der Waals surface area contributed by atoms with Crippen LogP contribution in [0.15, 0.2) is 72.3 Å². The van der Waals surface area contributed by atoms with E-state index in [0.29, 0.717) is 5.71 Å². The third kappa shape index (κ3) is 1.50. The molecule has 1 nitrogen and oxygen atoms in total. The molecule has 0 bridgehead atoms. The molecule has 20 heavy (non-hydrogen) atoms. The molecule has 1 heteroatoms. The van der Waals surface area contributed by atoms with Crippen LogP contribution in [-0.2, 0) is 0 Å². The first-order valence-electron chi connectivity index (χ1n) is 6.85. The van der Waals surface area contributed by atoms with Crippen LogP contribution in [0.1, 0.15) is 17.0 Å². The highest BCUT2D eigenvalue weighted by Crippen LogP contribution is 2.48. The quantitative estimate of drug-likeness (QED) is 0.725. The van der Waals surface area contributed by atoms with E-state index in [1.807, 2.05) is 18.6 Å². The zero-order valence-corrected chi connectivity index (χ0v) is 11.0. The summed E-state index contributed by atoms with van der Waals surface area (Å²) in [5.41, 5.74) is 6.93. The SMILES string of the molecule is N=C1[CH+]C=CC=C1C1c2ccccc2-c2ccccc21. The Hall–Kier alpha value is -2.54. The molecule has 0 atom stereocenters. The number of hydrogen-bond donors (Lipinski definition) is 1. The van der Waals surface area contributed by atoms with Crippen LogP contribution in [0.25, 0.3) is 11.1 Å². The van der Waals surface area contributed by atoms with Gasteiger partial charge in [0.25, 0.3) is 0 Å². The van der Waals surface area contributed by atoms with Gasteiger partial charge in [0.2, 0.25) is 0 Å². The molecule has 2 aromatic rings. The van der Waals surface area contributed by atoms with Gasteiger partial charge in [-0.2, -0.15) is 0 Å². The Bertz CT molecular complexity index is 719. The van der Waals surface area contributed by atoms with Crippen LogP contribution in [0.2, 0.25) is 0 Å². The highest BCUT2D eigenvalue weighted by atomic mass is 14.5. The summed E-state index contributed by atoms with van der Waals surface area (Å²) in [5, 5.41) is 8.22. The zero-order chi connectivity index (χ0) is 13.5. The Kier molecular flexibility index (Phi) is 2.40. The van der Waals surface area contributed by atoms with Gasteiger partial charge in [-0.25, -0.2) is 0 Å². The lowest BCUT2D eigenvalue weighted by molar-refractivity contribution is 1.02. The third-order valence-corrected chi connectivity index (χ3v) is 4.11. The van der Waals surface area contributed by atoms with Crippen LogP contribution in [0, 0.1) is 11.8 Å². The second kappa shape index (κ2) is 4.24. The monoisotopic (exact) mass is 256 g/mol. The number of benzene rings is 2. The van der Waals surface area contributed by atoms with Crippen molar-refractivity contribution >= 4 is 5.71 Å². The fourth-order valence-electron chi connectivity index (χ4n) is 3.24. The Morgan fingerprint density at radius 1 is 0.850 bits per heavy atom. The second-order valence-electron chi connectivity index (χ2n) is 5.19. The molecule has 0 saturated carbocycles. The smallest absolute Gasteiger partial charge is 0.169 e. The molecule has 0 spiro atoms. The summed E-state index contributed by atoms with van der Waals surface area (Å²) in [6, 6.07) is 17.1. The van der Waals surface area contributed by atoms with Gasteiger partial charge in [0.15, 0.2) is 5.71 Å². The predicted molar refractivity (Wildman–Crippen MR) is 83.0 cm³/mol. The Morgan fingerprint density at radius 2 is 1.45 bits per heavy atom. The Morgan fingerprint density at radius 3 is 2.05 bits per heavy atom. The van der Waals surface area contributed by atoms with Gasteiger partial charge < -0.3 is 0 Å². The average Bonchev–Trinajstić information content (AvgIpc) is 2.83. The summed E-state index contributed by atoms with van der Waals surface area (Å²) in [4.78, 5) is 0. The molecule has 0 aromatic heterocycles. The fourth-order valence-corrected chi connectivity index (χ4v) is 3.24. The van der Waals surface area contributed by atoms with Gasteiger partial charge in [0.05, 0.1) is 30.1 Å². The van der Waals surface area contributed by atoms with Crippen molar-refractivity contribution in [2.45, 2.75) is 5.92 Å². The van der Waals surface area contributed by atoms with E-state index in [2.05, 4.69) is 54.6 Å². The van der Waals surface area contributed by atoms with E-state index in [1.165, 1.54) is 22.3 Å². The van der Waals surface area contributed by atoms with E-state index in [1.54, 1.807) is 0 Å². The first kappa shape index (κ1) is 11.3. The van der Waals surface area contributed by atoms with Crippen LogP contribution < -0.4 is 0 Å². The highest BCUT2D eigenvalue weighted by Gasteiger charge is 2.36. The van der Waals surface area contributed by atoms with Crippen molar-refractivity contribution in [3.8, 4) is 11.1 Å². The maximum absolute atomic E-state index is 8.22. The molecule has 2 aromatic carbocycles. The second-order valence-corrected chi connectivity index (χ2v) is 5.19. The Balaban J connectivity index is 1.98. The summed E-state index contributed by atoms with van der Waals surface area (Å²) < 4.78 is 0. The Labute approximate surface area is 118 Å². The molecule has 0 fully saturated rings. The number of fused-ring (bicyclic) bond motifs is 3. The minimum absolute atomic E-state index is 0.191. The summed E-state index contributed by atoms with van der Waals surface area (Å²) in [7, 11) is 0. The van der Waals surface area contributed by atoms with E-state index in [9.17, 15) is 0 Å². The zero-order valence-electron chi connectivity index (χ0n) is 11.0. The van der Waals surface area contributed by atoms with Crippen molar-refractivity contribution in [1.29, 1.82) is 5.41 Å². The number of nitrogens with one attached hydrogen (secondary N) is 1. The lowest BCUT2D eigenvalue weighted by Gasteiger charge is -2.14. The molecule has 0 amide bonds. The summed E-state index contributed by atoms with van der Waals surface area (Å²) in [6.07, 6.45) is 7.90. The molecule has 4 rings (SSSR count). The minimum atomic E-state index is 0.191. The van der Waals surface area contributed by atoms with Crippen molar-refractivity contribution < 1.29 is 0 Å². The van der Waals surface area contributed by atoms with Gasteiger partial charge in [-0.15, -0.1) is 0 Å². The number of allylic oxidation sites excluding steroid dienone is 4. The van der Waals surface area contributed by atoms with E-state index < -0.39 is 0 Å². The average molecular weight is 256 g/mol. The van der Waals surface area contributed by atoms with Gasteiger partial charge >= 0.3 is 0 Å². The molecule has 0 unspecified atom stereocenters. The maximum atomic E-state index is 8.22. The molecule has 2 aliphatic rings. The van der Waals surface area contributed by atoms with Crippen molar-refractivity contribution in [3.63, 3.8) is 0 Å².